The fraction of sp³-hybridized carbons (Fsp3) is 0.533. The third-order valence-electron chi connectivity index (χ3n) is 3.45. The number of anilines is 1. The van der Waals surface area contributed by atoms with Gasteiger partial charge in [-0.3, -0.25) is 0 Å². The molecule has 0 bridgehead atoms. The summed E-state index contributed by atoms with van der Waals surface area (Å²) >= 11 is 0. The van der Waals surface area contributed by atoms with E-state index in [-0.39, 0.29) is 5.84 Å². The van der Waals surface area contributed by atoms with Gasteiger partial charge >= 0.3 is 0 Å². The summed E-state index contributed by atoms with van der Waals surface area (Å²) in [5, 5.41) is 12.0. The number of aryl methyl sites for hydroxylation is 1. The monoisotopic (exact) mass is 263 g/mol. The molecule has 1 rings (SSSR count). The standard InChI is InChI=1S/C15H25N3O/c1-10(2)9-12(4)18(5)14-11(3)7-6-8-13(14)15(16)17-19/h6-8,10,12,19H,9H2,1-5H3,(H2,16,17). The second-order valence-corrected chi connectivity index (χ2v) is 5.55. The van der Waals surface area contributed by atoms with Crippen molar-refractivity contribution >= 4 is 11.5 Å². The van der Waals surface area contributed by atoms with Crippen LogP contribution in [-0.2, 0) is 0 Å². The van der Waals surface area contributed by atoms with Crippen molar-refractivity contribution in [1.82, 2.24) is 0 Å². The second kappa shape index (κ2) is 6.45. The van der Waals surface area contributed by atoms with Crippen LogP contribution in [0.25, 0.3) is 0 Å². The molecular weight excluding hydrogens is 238 g/mol. The highest BCUT2D eigenvalue weighted by atomic mass is 16.4. The third kappa shape index (κ3) is 3.63. The van der Waals surface area contributed by atoms with Crippen LogP contribution in [-0.4, -0.2) is 24.1 Å². The Bertz CT molecular complexity index is 455. The number of oxime groups is 1. The summed E-state index contributed by atoms with van der Waals surface area (Å²) in [7, 11) is 2.06. The molecule has 19 heavy (non-hydrogen) atoms. The average Bonchev–Trinajstić information content (AvgIpc) is 2.35. The quantitative estimate of drug-likeness (QED) is 0.371. The van der Waals surface area contributed by atoms with Crippen LogP contribution in [0.4, 0.5) is 5.69 Å². The lowest BCUT2D eigenvalue weighted by atomic mass is 10.0. The lowest BCUT2D eigenvalue weighted by Crippen LogP contribution is -2.32. The van der Waals surface area contributed by atoms with Crippen molar-refractivity contribution < 1.29 is 5.21 Å². The number of nitrogens with two attached hydrogens (primary N) is 1. The zero-order valence-electron chi connectivity index (χ0n) is 12.5. The molecule has 0 aliphatic heterocycles. The van der Waals surface area contributed by atoms with Crippen LogP contribution < -0.4 is 10.6 Å². The smallest absolute Gasteiger partial charge is 0.172 e. The number of para-hydroxylation sites is 1. The molecule has 4 heteroatoms. The first-order valence-electron chi connectivity index (χ1n) is 6.68. The van der Waals surface area contributed by atoms with Crippen LogP contribution in [0.2, 0.25) is 0 Å². The molecule has 0 aliphatic carbocycles. The molecule has 1 aromatic rings. The van der Waals surface area contributed by atoms with Crippen LogP contribution in [0, 0.1) is 12.8 Å². The molecular formula is C15H25N3O. The summed E-state index contributed by atoms with van der Waals surface area (Å²) < 4.78 is 0. The molecule has 1 unspecified atom stereocenters. The highest BCUT2D eigenvalue weighted by Gasteiger charge is 2.18. The Labute approximate surface area is 115 Å². The number of hydrogen-bond acceptors (Lipinski definition) is 3. The normalized spacial score (nSPS) is 13.7. The van der Waals surface area contributed by atoms with Gasteiger partial charge in [0, 0.05) is 18.7 Å². The van der Waals surface area contributed by atoms with Crippen molar-refractivity contribution in [3.8, 4) is 0 Å². The molecule has 0 fully saturated rings. The number of nitrogens with zero attached hydrogens (tertiary/aromatic N) is 2. The molecule has 0 heterocycles. The topological polar surface area (TPSA) is 61.9 Å². The van der Waals surface area contributed by atoms with E-state index in [4.69, 9.17) is 10.9 Å². The van der Waals surface area contributed by atoms with Crippen molar-refractivity contribution in [1.29, 1.82) is 0 Å². The molecule has 0 amide bonds. The van der Waals surface area contributed by atoms with Crippen molar-refractivity contribution in [3.05, 3.63) is 29.3 Å². The van der Waals surface area contributed by atoms with E-state index >= 15 is 0 Å². The maximum atomic E-state index is 8.91. The molecule has 0 aliphatic rings. The fourth-order valence-electron chi connectivity index (χ4n) is 2.45. The number of amidine groups is 1. The molecule has 0 aromatic heterocycles. The van der Waals surface area contributed by atoms with Gasteiger partial charge in [0.2, 0.25) is 0 Å². The summed E-state index contributed by atoms with van der Waals surface area (Å²) in [4.78, 5) is 2.21. The van der Waals surface area contributed by atoms with Gasteiger partial charge in [0.1, 0.15) is 0 Å². The zero-order chi connectivity index (χ0) is 14.6. The number of rotatable bonds is 5. The first-order valence-corrected chi connectivity index (χ1v) is 6.68. The lowest BCUT2D eigenvalue weighted by Gasteiger charge is -2.31. The van der Waals surface area contributed by atoms with E-state index in [1.54, 1.807) is 0 Å². The summed E-state index contributed by atoms with van der Waals surface area (Å²) in [6.07, 6.45) is 1.10. The largest absolute Gasteiger partial charge is 0.409 e. The third-order valence-corrected chi connectivity index (χ3v) is 3.45. The fourth-order valence-corrected chi connectivity index (χ4v) is 2.45. The second-order valence-electron chi connectivity index (χ2n) is 5.55. The molecule has 1 atom stereocenters. The molecule has 1 aromatic carbocycles. The predicted octanol–water partition coefficient (Wildman–Crippen LogP) is 2.96. The average molecular weight is 263 g/mol. The van der Waals surface area contributed by atoms with E-state index in [1.807, 2.05) is 25.1 Å². The van der Waals surface area contributed by atoms with Gasteiger partial charge in [-0.1, -0.05) is 31.1 Å². The van der Waals surface area contributed by atoms with Gasteiger partial charge in [0.25, 0.3) is 0 Å². The van der Waals surface area contributed by atoms with Crippen LogP contribution >= 0.6 is 0 Å². The van der Waals surface area contributed by atoms with Crippen LogP contribution in [0.1, 0.15) is 38.3 Å². The SMILES string of the molecule is Cc1cccc(/C(N)=N/O)c1N(C)C(C)CC(C)C. The highest BCUT2D eigenvalue weighted by Crippen LogP contribution is 2.27. The zero-order valence-corrected chi connectivity index (χ0v) is 12.5. The maximum Gasteiger partial charge on any atom is 0.172 e. The minimum atomic E-state index is 0.155. The van der Waals surface area contributed by atoms with Gasteiger partial charge in [-0.15, -0.1) is 0 Å². The van der Waals surface area contributed by atoms with Gasteiger partial charge in [0.15, 0.2) is 5.84 Å². The van der Waals surface area contributed by atoms with Crippen LogP contribution in [0.3, 0.4) is 0 Å². The predicted molar refractivity (Wildman–Crippen MR) is 81.0 cm³/mol. The Balaban J connectivity index is 3.18. The van der Waals surface area contributed by atoms with Crippen molar-refractivity contribution in [2.45, 2.75) is 40.2 Å². The summed E-state index contributed by atoms with van der Waals surface area (Å²) in [6.45, 7) is 8.67. The minimum Gasteiger partial charge on any atom is -0.409 e. The summed E-state index contributed by atoms with van der Waals surface area (Å²) in [5.74, 6) is 0.788. The van der Waals surface area contributed by atoms with Gasteiger partial charge in [-0.2, -0.15) is 0 Å². The summed E-state index contributed by atoms with van der Waals surface area (Å²) in [6, 6.07) is 6.25. The molecule has 0 saturated heterocycles. The Morgan fingerprint density at radius 2 is 2.00 bits per heavy atom. The Hall–Kier alpha value is -1.71. The number of benzene rings is 1. The highest BCUT2D eigenvalue weighted by molar-refractivity contribution is 6.02. The molecule has 106 valence electrons. The van der Waals surface area contributed by atoms with Gasteiger partial charge in [-0.05, 0) is 37.8 Å². The van der Waals surface area contributed by atoms with E-state index in [0.29, 0.717) is 12.0 Å². The van der Waals surface area contributed by atoms with E-state index in [1.165, 1.54) is 0 Å². The molecule has 0 radical (unpaired) electrons. The summed E-state index contributed by atoms with van der Waals surface area (Å²) in [5.41, 5.74) is 8.72. The van der Waals surface area contributed by atoms with Crippen LogP contribution in [0.15, 0.2) is 23.4 Å². The maximum absolute atomic E-state index is 8.91. The first-order chi connectivity index (χ1) is 8.88. The molecule has 3 N–H and O–H groups in total. The van der Waals surface area contributed by atoms with Gasteiger partial charge < -0.3 is 15.8 Å². The van der Waals surface area contributed by atoms with Gasteiger partial charge in [0.05, 0.1) is 5.69 Å². The number of hydrogen-bond donors (Lipinski definition) is 2. The first kappa shape index (κ1) is 15.3. The lowest BCUT2D eigenvalue weighted by molar-refractivity contribution is 0.318. The Kier molecular flexibility index (Phi) is 5.21. The Morgan fingerprint density at radius 1 is 1.37 bits per heavy atom. The van der Waals surface area contributed by atoms with Crippen LogP contribution in [0.5, 0.6) is 0 Å². The Morgan fingerprint density at radius 3 is 2.53 bits per heavy atom. The van der Waals surface area contributed by atoms with Crippen molar-refractivity contribution in [2.24, 2.45) is 16.8 Å². The molecule has 0 saturated carbocycles. The van der Waals surface area contributed by atoms with Gasteiger partial charge in [-0.25, -0.2) is 0 Å². The molecule has 4 nitrogen and oxygen atoms in total. The van der Waals surface area contributed by atoms with Crippen molar-refractivity contribution in [3.63, 3.8) is 0 Å². The van der Waals surface area contributed by atoms with E-state index in [2.05, 4.69) is 37.9 Å². The van der Waals surface area contributed by atoms with E-state index in [9.17, 15) is 0 Å². The van der Waals surface area contributed by atoms with E-state index in [0.717, 1.165) is 23.2 Å². The molecule has 0 spiro atoms. The van der Waals surface area contributed by atoms with Crippen molar-refractivity contribution in [2.75, 3.05) is 11.9 Å². The minimum absolute atomic E-state index is 0.155. The van der Waals surface area contributed by atoms with E-state index < -0.39 is 0 Å².